The molecule has 0 aliphatic carbocycles. The molecular weight excluding hydrogens is 271 g/mol. The first-order valence-electron chi connectivity index (χ1n) is 6.05. The smallest absolute Gasteiger partial charge is 0.315 e. The molecule has 100 valence electrons. The summed E-state index contributed by atoms with van der Waals surface area (Å²) < 4.78 is 0. The minimum absolute atomic E-state index is 0.172. The zero-order chi connectivity index (χ0) is 13.5. The molecule has 1 rings (SSSR count). The van der Waals surface area contributed by atoms with Crippen LogP contribution in [0.1, 0.15) is 32.3 Å². The Bertz CT molecular complexity index is 406. The average molecular weight is 289 g/mol. The van der Waals surface area contributed by atoms with Crippen LogP contribution in [0.2, 0.25) is 10.0 Å². The maximum Gasteiger partial charge on any atom is 0.315 e. The molecule has 0 radical (unpaired) electrons. The zero-order valence-electron chi connectivity index (χ0n) is 10.6. The molecule has 0 unspecified atom stereocenters. The van der Waals surface area contributed by atoms with Gasteiger partial charge in [-0.2, -0.15) is 0 Å². The highest BCUT2D eigenvalue weighted by Gasteiger charge is 2.08. The van der Waals surface area contributed by atoms with Gasteiger partial charge in [0.25, 0.3) is 0 Å². The first-order chi connectivity index (χ1) is 8.56. The van der Waals surface area contributed by atoms with Crippen molar-refractivity contribution in [1.29, 1.82) is 0 Å². The lowest BCUT2D eigenvalue weighted by Gasteiger charge is -2.15. The Hall–Kier alpha value is -0.930. The quantitative estimate of drug-likeness (QED) is 0.845. The number of amides is 2. The van der Waals surface area contributed by atoms with E-state index in [1.54, 1.807) is 12.1 Å². The monoisotopic (exact) mass is 288 g/mol. The van der Waals surface area contributed by atoms with Crippen LogP contribution in [-0.4, -0.2) is 12.1 Å². The van der Waals surface area contributed by atoms with Crippen LogP contribution in [0, 0.1) is 0 Å². The minimum atomic E-state index is -0.172. The lowest BCUT2D eigenvalue weighted by atomic mass is 10.2. The molecule has 2 N–H and O–H groups in total. The Kier molecular flexibility index (Phi) is 6.30. The van der Waals surface area contributed by atoms with Crippen molar-refractivity contribution < 1.29 is 4.79 Å². The molecule has 2 amide bonds. The molecule has 0 saturated carbocycles. The number of nitrogens with one attached hydrogen (secondary N) is 2. The second-order valence-electron chi connectivity index (χ2n) is 4.08. The standard InChI is InChI=1S/C13H18Cl2N2O/c1-3-11(4-2)17-13(18)16-8-9-5-6-10(14)7-12(9)15/h5-7,11H,3-4,8H2,1-2H3,(H2,16,17,18). The van der Waals surface area contributed by atoms with Gasteiger partial charge in [0.15, 0.2) is 0 Å². The average Bonchev–Trinajstić information content (AvgIpc) is 2.35. The fourth-order valence-corrected chi connectivity index (χ4v) is 2.05. The van der Waals surface area contributed by atoms with Crippen LogP contribution in [0.5, 0.6) is 0 Å². The third kappa shape index (κ3) is 4.75. The Morgan fingerprint density at radius 2 is 1.94 bits per heavy atom. The van der Waals surface area contributed by atoms with Crippen molar-refractivity contribution in [2.75, 3.05) is 0 Å². The van der Waals surface area contributed by atoms with Crippen molar-refractivity contribution in [3.63, 3.8) is 0 Å². The van der Waals surface area contributed by atoms with E-state index in [1.165, 1.54) is 0 Å². The van der Waals surface area contributed by atoms with Crippen molar-refractivity contribution in [2.24, 2.45) is 0 Å². The number of halogens is 2. The van der Waals surface area contributed by atoms with Crippen molar-refractivity contribution in [3.8, 4) is 0 Å². The molecule has 0 aliphatic heterocycles. The molecule has 0 aliphatic rings. The summed E-state index contributed by atoms with van der Waals surface area (Å²) in [6.45, 7) is 4.48. The van der Waals surface area contributed by atoms with Crippen molar-refractivity contribution in [1.82, 2.24) is 10.6 Å². The maximum atomic E-state index is 11.6. The number of hydrogen-bond donors (Lipinski definition) is 2. The van der Waals surface area contributed by atoms with E-state index < -0.39 is 0 Å². The largest absolute Gasteiger partial charge is 0.335 e. The molecule has 0 heterocycles. The summed E-state index contributed by atoms with van der Waals surface area (Å²) in [5, 5.41) is 6.83. The first-order valence-corrected chi connectivity index (χ1v) is 6.80. The second kappa shape index (κ2) is 7.49. The first kappa shape index (κ1) is 15.1. The molecule has 0 spiro atoms. The number of rotatable bonds is 5. The SMILES string of the molecule is CCC(CC)NC(=O)NCc1ccc(Cl)cc1Cl. The van der Waals surface area contributed by atoms with Crippen LogP contribution in [0.4, 0.5) is 4.79 Å². The van der Waals surface area contributed by atoms with E-state index in [0.29, 0.717) is 16.6 Å². The molecule has 1 aromatic rings. The van der Waals surface area contributed by atoms with Gasteiger partial charge >= 0.3 is 6.03 Å². The molecule has 0 saturated heterocycles. The van der Waals surface area contributed by atoms with Crippen LogP contribution in [0.3, 0.4) is 0 Å². The Morgan fingerprint density at radius 1 is 1.28 bits per heavy atom. The highest BCUT2D eigenvalue weighted by atomic mass is 35.5. The Morgan fingerprint density at radius 3 is 2.50 bits per heavy atom. The van der Waals surface area contributed by atoms with Crippen LogP contribution >= 0.6 is 23.2 Å². The van der Waals surface area contributed by atoms with Gasteiger partial charge in [0, 0.05) is 22.6 Å². The van der Waals surface area contributed by atoms with Crippen LogP contribution < -0.4 is 10.6 Å². The van der Waals surface area contributed by atoms with Gasteiger partial charge in [0.1, 0.15) is 0 Å². The van der Waals surface area contributed by atoms with Gasteiger partial charge in [0.05, 0.1) is 0 Å². The number of hydrogen-bond acceptors (Lipinski definition) is 1. The molecular formula is C13H18Cl2N2O. The van der Waals surface area contributed by atoms with Gasteiger partial charge in [-0.25, -0.2) is 4.79 Å². The summed E-state index contributed by atoms with van der Waals surface area (Å²) in [6.07, 6.45) is 1.84. The van der Waals surface area contributed by atoms with Crippen molar-refractivity contribution in [3.05, 3.63) is 33.8 Å². The number of carbonyl (C=O) groups excluding carboxylic acids is 1. The highest BCUT2D eigenvalue weighted by molar-refractivity contribution is 6.35. The van der Waals surface area contributed by atoms with E-state index in [2.05, 4.69) is 10.6 Å². The minimum Gasteiger partial charge on any atom is -0.335 e. The normalized spacial score (nSPS) is 10.5. The lowest BCUT2D eigenvalue weighted by molar-refractivity contribution is 0.235. The van der Waals surface area contributed by atoms with E-state index in [9.17, 15) is 4.79 Å². The molecule has 0 fully saturated rings. The van der Waals surface area contributed by atoms with E-state index in [1.807, 2.05) is 19.9 Å². The lowest BCUT2D eigenvalue weighted by Crippen LogP contribution is -2.41. The van der Waals surface area contributed by atoms with Crippen molar-refractivity contribution >= 4 is 29.2 Å². The summed E-state index contributed by atoms with van der Waals surface area (Å²) in [7, 11) is 0. The third-order valence-electron chi connectivity index (χ3n) is 2.78. The van der Waals surface area contributed by atoms with Crippen LogP contribution in [-0.2, 0) is 6.54 Å². The highest BCUT2D eigenvalue weighted by Crippen LogP contribution is 2.20. The zero-order valence-corrected chi connectivity index (χ0v) is 12.1. The fourth-order valence-electron chi connectivity index (χ4n) is 1.57. The van der Waals surface area contributed by atoms with Gasteiger partial charge < -0.3 is 10.6 Å². The van der Waals surface area contributed by atoms with Gasteiger partial charge in [-0.1, -0.05) is 43.1 Å². The summed E-state index contributed by atoms with van der Waals surface area (Å²) in [4.78, 5) is 11.6. The molecule has 3 nitrogen and oxygen atoms in total. The van der Waals surface area contributed by atoms with Crippen LogP contribution in [0.15, 0.2) is 18.2 Å². The van der Waals surface area contributed by atoms with E-state index in [0.717, 1.165) is 18.4 Å². The van der Waals surface area contributed by atoms with Gasteiger partial charge in [-0.3, -0.25) is 0 Å². The van der Waals surface area contributed by atoms with Gasteiger partial charge in [0.2, 0.25) is 0 Å². The molecule has 1 aromatic carbocycles. The molecule has 5 heteroatoms. The van der Waals surface area contributed by atoms with Crippen molar-refractivity contribution in [2.45, 2.75) is 39.3 Å². The third-order valence-corrected chi connectivity index (χ3v) is 3.36. The van der Waals surface area contributed by atoms with E-state index >= 15 is 0 Å². The number of carbonyl (C=O) groups is 1. The molecule has 0 aromatic heterocycles. The van der Waals surface area contributed by atoms with Gasteiger partial charge in [-0.15, -0.1) is 0 Å². The van der Waals surface area contributed by atoms with E-state index in [4.69, 9.17) is 23.2 Å². The van der Waals surface area contributed by atoms with E-state index in [-0.39, 0.29) is 12.1 Å². The molecule has 0 atom stereocenters. The summed E-state index contributed by atoms with van der Waals surface area (Å²) in [5.41, 5.74) is 0.848. The Balaban J connectivity index is 2.47. The Labute approximate surface area is 118 Å². The molecule has 18 heavy (non-hydrogen) atoms. The summed E-state index contributed by atoms with van der Waals surface area (Å²) in [6, 6.07) is 5.27. The second-order valence-corrected chi connectivity index (χ2v) is 4.92. The summed E-state index contributed by atoms with van der Waals surface area (Å²) >= 11 is 11.8. The maximum absolute atomic E-state index is 11.6. The fraction of sp³-hybridized carbons (Fsp3) is 0.462. The predicted octanol–water partition coefficient (Wildman–Crippen LogP) is 3.98. The summed E-state index contributed by atoms with van der Waals surface area (Å²) in [5.74, 6) is 0. The molecule has 0 bridgehead atoms. The number of benzene rings is 1. The topological polar surface area (TPSA) is 41.1 Å². The van der Waals surface area contributed by atoms with Crippen LogP contribution in [0.25, 0.3) is 0 Å². The van der Waals surface area contributed by atoms with Gasteiger partial charge in [-0.05, 0) is 30.5 Å². The predicted molar refractivity (Wildman–Crippen MR) is 76.2 cm³/mol. The number of urea groups is 1.